The smallest absolute Gasteiger partial charge is 0.254 e. The Morgan fingerprint density at radius 1 is 1.00 bits per heavy atom. The van der Waals surface area contributed by atoms with Crippen LogP contribution < -0.4 is 5.14 Å². The summed E-state index contributed by atoms with van der Waals surface area (Å²) in [5.41, 5.74) is 2.84. The number of rotatable bonds is 5. The van der Waals surface area contributed by atoms with Crippen LogP contribution in [-0.4, -0.2) is 26.3 Å². The molecule has 0 spiro atoms. The zero-order valence-corrected chi connectivity index (χ0v) is 17.3. The lowest BCUT2D eigenvalue weighted by atomic mass is 9.84. The first-order valence-electron chi connectivity index (χ1n) is 9.77. The highest BCUT2D eigenvalue weighted by atomic mass is 32.2. The molecule has 1 aliphatic carbocycles. The SMILES string of the molecule is C[C@H](c1ccc(S(N)(=O)=O)cc1)N(C)C(=O)c1ccc(C2CCCCC2)cc1. The minimum atomic E-state index is -3.72. The molecule has 0 radical (unpaired) electrons. The van der Waals surface area contributed by atoms with Crippen LogP contribution in [0.25, 0.3) is 0 Å². The lowest BCUT2D eigenvalue weighted by Crippen LogP contribution is -2.29. The van der Waals surface area contributed by atoms with E-state index in [1.807, 2.05) is 19.1 Å². The van der Waals surface area contributed by atoms with E-state index in [2.05, 4.69) is 12.1 Å². The molecule has 2 aromatic rings. The summed E-state index contributed by atoms with van der Waals surface area (Å²) in [6, 6.07) is 14.1. The number of benzene rings is 2. The van der Waals surface area contributed by atoms with Crippen LogP contribution in [0.4, 0.5) is 0 Å². The fourth-order valence-electron chi connectivity index (χ4n) is 3.87. The van der Waals surface area contributed by atoms with Crippen molar-refractivity contribution >= 4 is 15.9 Å². The van der Waals surface area contributed by atoms with Gasteiger partial charge in [0.25, 0.3) is 5.91 Å². The first-order valence-corrected chi connectivity index (χ1v) is 11.3. The molecule has 2 aromatic carbocycles. The first-order chi connectivity index (χ1) is 13.3. The molecule has 0 unspecified atom stereocenters. The van der Waals surface area contributed by atoms with Crippen LogP contribution in [0.15, 0.2) is 53.4 Å². The number of carbonyl (C=O) groups is 1. The number of amides is 1. The quantitative estimate of drug-likeness (QED) is 0.816. The van der Waals surface area contributed by atoms with Crippen molar-refractivity contribution in [1.82, 2.24) is 4.90 Å². The summed E-state index contributed by atoms with van der Waals surface area (Å²) >= 11 is 0. The summed E-state index contributed by atoms with van der Waals surface area (Å²) in [4.78, 5) is 14.6. The highest BCUT2D eigenvalue weighted by molar-refractivity contribution is 7.89. The van der Waals surface area contributed by atoms with Crippen LogP contribution in [-0.2, 0) is 10.0 Å². The van der Waals surface area contributed by atoms with Gasteiger partial charge in [0.1, 0.15) is 0 Å². The number of sulfonamides is 1. The maximum atomic E-state index is 12.9. The van der Waals surface area contributed by atoms with E-state index in [0.717, 1.165) is 5.56 Å². The lowest BCUT2D eigenvalue weighted by molar-refractivity contribution is 0.0742. The Kier molecular flexibility index (Phi) is 6.20. The topological polar surface area (TPSA) is 80.5 Å². The number of nitrogens with zero attached hydrogens (tertiary/aromatic N) is 1. The Labute approximate surface area is 167 Å². The van der Waals surface area contributed by atoms with Gasteiger partial charge >= 0.3 is 0 Å². The van der Waals surface area contributed by atoms with E-state index < -0.39 is 10.0 Å². The Hall–Kier alpha value is -2.18. The van der Waals surface area contributed by atoms with Crippen LogP contribution in [0.1, 0.15) is 72.5 Å². The first kappa shape index (κ1) is 20.6. The molecule has 1 aliphatic rings. The van der Waals surface area contributed by atoms with E-state index in [1.54, 1.807) is 24.1 Å². The van der Waals surface area contributed by atoms with Gasteiger partial charge in [-0.25, -0.2) is 13.6 Å². The molecule has 6 heteroatoms. The van der Waals surface area contributed by atoms with Gasteiger partial charge in [0.05, 0.1) is 10.9 Å². The number of hydrogen-bond donors (Lipinski definition) is 1. The normalized spacial score (nSPS) is 16.5. The number of nitrogens with two attached hydrogens (primary N) is 1. The van der Waals surface area contributed by atoms with E-state index in [0.29, 0.717) is 11.5 Å². The molecule has 2 N–H and O–H groups in total. The van der Waals surface area contributed by atoms with Gasteiger partial charge in [-0.3, -0.25) is 4.79 Å². The van der Waals surface area contributed by atoms with E-state index in [1.165, 1.54) is 49.8 Å². The van der Waals surface area contributed by atoms with Gasteiger partial charge < -0.3 is 4.90 Å². The molecule has 0 saturated heterocycles. The van der Waals surface area contributed by atoms with Gasteiger partial charge in [0, 0.05) is 12.6 Å². The van der Waals surface area contributed by atoms with Gasteiger partial charge in [-0.15, -0.1) is 0 Å². The van der Waals surface area contributed by atoms with Crippen LogP contribution in [0, 0.1) is 0 Å². The maximum Gasteiger partial charge on any atom is 0.254 e. The predicted molar refractivity (Wildman–Crippen MR) is 111 cm³/mol. The van der Waals surface area contributed by atoms with Crippen molar-refractivity contribution in [1.29, 1.82) is 0 Å². The molecule has 28 heavy (non-hydrogen) atoms. The summed E-state index contributed by atoms with van der Waals surface area (Å²) in [6.45, 7) is 1.92. The van der Waals surface area contributed by atoms with Gasteiger partial charge in [0.2, 0.25) is 10.0 Å². The molecule has 3 rings (SSSR count). The van der Waals surface area contributed by atoms with Gasteiger partial charge in [-0.1, -0.05) is 43.5 Å². The zero-order valence-electron chi connectivity index (χ0n) is 16.5. The second-order valence-electron chi connectivity index (χ2n) is 7.66. The Morgan fingerprint density at radius 2 is 1.57 bits per heavy atom. The van der Waals surface area contributed by atoms with Crippen molar-refractivity contribution in [2.24, 2.45) is 5.14 Å². The molecule has 0 aliphatic heterocycles. The van der Waals surface area contributed by atoms with Crippen molar-refractivity contribution < 1.29 is 13.2 Å². The van der Waals surface area contributed by atoms with Crippen molar-refractivity contribution in [3.63, 3.8) is 0 Å². The van der Waals surface area contributed by atoms with E-state index in [4.69, 9.17) is 5.14 Å². The largest absolute Gasteiger partial charge is 0.335 e. The van der Waals surface area contributed by atoms with E-state index >= 15 is 0 Å². The summed E-state index contributed by atoms with van der Waals surface area (Å²) in [5, 5.41) is 5.14. The molecule has 1 amide bonds. The standard InChI is InChI=1S/C22H28N2O3S/c1-16(17-12-14-21(15-13-17)28(23,26)27)24(2)22(25)20-10-8-19(9-11-20)18-6-4-3-5-7-18/h8-16,18H,3-7H2,1-2H3,(H2,23,26,27)/t16-/m1/s1. The minimum Gasteiger partial charge on any atom is -0.335 e. The second kappa shape index (κ2) is 8.45. The number of hydrogen-bond acceptors (Lipinski definition) is 3. The van der Waals surface area contributed by atoms with Crippen molar-refractivity contribution in [2.75, 3.05) is 7.05 Å². The molecule has 0 bridgehead atoms. The van der Waals surface area contributed by atoms with Crippen LogP contribution in [0.5, 0.6) is 0 Å². The third kappa shape index (κ3) is 4.62. The second-order valence-corrected chi connectivity index (χ2v) is 9.22. The Morgan fingerprint density at radius 3 is 2.11 bits per heavy atom. The zero-order chi connectivity index (χ0) is 20.3. The summed E-state index contributed by atoms with van der Waals surface area (Å²) in [5.74, 6) is 0.560. The third-order valence-electron chi connectivity index (χ3n) is 5.83. The van der Waals surface area contributed by atoms with Crippen LogP contribution in [0.3, 0.4) is 0 Å². The van der Waals surface area contributed by atoms with Gasteiger partial charge in [-0.2, -0.15) is 0 Å². The number of primary sulfonamides is 1. The Bertz CT molecular complexity index is 915. The van der Waals surface area contributed by atoms with Crippen molar-refractivity contribution in [3.05, 3.63) is 65.2 Å². The molecular weight excluding hydrogens is 372 g/mol. The Balaban J connectivity index is 1.70. The molecule has 1 atom stereocenters. The molecule has 0 heterocycles. The van der Waals surface area contributed by atoms with Gasteiger partial charge in [0.15, 0.2) is 0 Å². The van der Waals surface area contributed by atoms with Crippen LogP contribution >= 0.6 is 0 Å². The maximum absolute atomic E-state index is 12.9. The highest BCUT2D eigenvalue weighted by Gasteiger charge is 2.21. The van der Waals surface area contributed by atoms with Crippen molar-refractivity contribution in [2.45, 2.75) is 55.9 Å². The predicted octanol–water partition coefficient (Wildman–Crippen LogP) is 4.21. The molecule has 1 fully saturated rings. The highest BCUT2D eigenvalue weighted by Crippen LogP contribution is 2.32. The van der Waals surface area contributed by atoms with Crippen molar-refractivity contribution in [3.8, 4) is 0 Å². The van der Waals surface area contributed by atoms with Crippen LogP contribution in [0.2, 0.25) is 0 Å². The molecular formula is C22H28N2O3S. The summed E-state index contributed by atoms with van der Waals surface area (Å²) < 4.78 is 22.8. The summed E-state index contributed by atoms with van der Waals surface area (Å²) in [6.07, 6.45) is 6.37. The lowest BCUT2D eigenvalue weighted by Gasteiger charge is -2.26. The fraction of sp³-hybridized carbons (Fsp3) is 0.409. The van der Waals surface area contributed by atoms with Gasteiger partial charge in [-0.05, 0) is 61.1 Å². The average Bonchev–Trinajstić information content (AvgIpc) is 2.72. The minimum absolute atomic E-state index is 0.0572. The monoisotopic (exact) mass is 400 g/mol. The molecule has 1 saturated carbocycles. The summed E-state index contributed by atoms with van der Waals surface area (Å²) in [7, 11) is -1.96. The third-order valence-corrected chi connectivity index (χ3v) is 6.76. The molecule has 0 aromatic heterocycles. The van der Waals surface area contributed by atoms with E-state index in [9.17, 15) is 13.2 Å². The average molecular weight is 401 g/mol. The molecule has 150 valence electrons. The number of carbonyl (C=O) groups excluding carboxylic acids is 1. The molecule has 5 nitrogen and oxygen atoms in total. The fourth-order valence-corrected chi connectivity index (χ4v) is 4.39. The van der Waals surface area contributed by atoms with E-state index in [-0.39, 0.29) is 16.8 Å².